The van der Waals surface area contributed by atoms with E-state index in [1.165, 1.54) is 87.3 Å². The van der Waals surface area contributed by atoms with E-state index in [1.54, 1.807) is 0 Å². The number of anilines is 3. The summed E-state index contributed by atoms with van der Waals surface area (Å²) in [5.41, 5.74) is 17.6. The molecule has 294 valence electrons. The van der Waals surface area contributed by atoms with Gasteiger partial charge in [-0.05, 0) is 104 Å². The van der Waals surface area contributed by atoms with E-state index >= 15 is 0 Å². The number of nitrogens with zero attached hydrogens (tertiary/aromatic N) is 1. The van der Waals surface area contributed by atoms with Crippen LogP contribution in [0, 0.1) is 0 Å². The van der Waals surface area contributed by atoms with E-state index in [0.717, 1.165) is 28.6 Å². The quantitative estimate of drug-likeness (QED) is 0.176. The lowest BCUT2D eigenvalue weighted by Crippen LogP contribution is -2.32. The smallest absolute Gasteiger partial charge is 0.132 e. The Bertz CT molecular complexity index is 3470. The van der Waals surface area contributed by atoms with Crippen molar-refractivity contribution < 1.29 is 4.74 Å². The van der Waals surface area contributed by atoms with Gasteiger partial charge in [-0.2, -0.15) is 0 Å². The Morgan fingerprint density at radius 1 is 0.349 bits per heavy atom. The summed E-state index contributed by atoms with van der Waals surface area (Å²) < 4.78 is 6.67. The predicted octanol–water partition coefficient (Wildman–Crippen LogP) is 15.6. The summed E-state index contributed by atoms with van der Waals surface area (Å²) in [4.78, 5) is 5.15. The van der Waals surface area contributed by atoms with Gasteiger partial charge in [0.15, 0.2) is 0 Å². The van der Waals surface area contributed by atoms with Crippen molar-refractivity contribution in [2.75, 3.05) is 4.90 Å². The monoisotopic (exact) mass is 819 g/mol. The minimum absolute atomic E-state index is 0.488. The average Bonchev–Trinajstić information content (AvgIpc) is 3.80. The molecule has 0 amide bonds. The van der Waals surface area contributed by atoms with Gasteiger partial charge in [0.25, 0.3) is 0 Å². The van der Waals surface area contributed by atoms with E-state index in [0.29, 0.717) is 0 Å². The van der Waals surface area contributed by atoms with E-state index in [9.17, 15) is 0 Å². The maximum atomic E-state index is 6.67. The third kappa shape index (κ3) is 4.49. The Morgan fingerprint density at radius 3 is 1.57 bits per heavy atom. The van der Waals surface area contributed by atoms with Crippen LogP contribution in [0.3, 0.4) is 0 Å². The van der Waals surface area contributed by atoms with Gasteiger partial charge in [0, 0.05) is 37.6 Å². The number of rotatable bonds is 3. The van der Waals surface area contributed by atoms with Gasteiger partial charge in [-0.1, -0.05) is 188 Å². The number of benzene rings is 10. The Balaban J connectivity index is 1.08. The number of hydrogen-bond acceptors (Lipinski definition) is 3. The van der Waals surface area contributed by atoms with Gasteiger partial charge in [-0.25, -0.2) is 0 Å². The zero-order valence-corrected chi connectivity index (χ0v) is 34.9. The molecule has 10 aromatic carbocycles. The number of para-hydroxylation sites is 2. The Hall–Kier alpha value is -7.59. The van der Waals surface area contributed by atoms with Crippen molar-refractivity contribution in [2.24, 2.45) is 0 Å². The molecule has 63 heavy (non-hydrogen) atoms. The lowest BCUT2D eigenvalue weighted by atomic mass is 9.66. The van der Waals surface area contributed by atoms with Gasteiger partial charge in [-0.15, -0.1) is 0 Å². The highest BCUT2D eigenvalue weighted by molar-refractivity contribution is 7.99. The second-order valence-corrected chi connectivity index (χ2v) is 18.1. The average molecular weight is 820 g/mol. The molecule has 14 rings (SSSR count). The maximum Gasteiger partial charge on any atom is 0.132 e. The highest BCUT2D eigenvalue weighted by Gasteiger charge is 2.53. The van der Waals surface area contributed by atoms with Crippen LogP contribution in [0.2, 0.25) is 0 Å². The van der Waals surface area contributed by atoms with E-state index in [2.05, 4.69) is 229 Å². The first-order chi connectivity index (χ1) is 31.3. The van der Waals surface area contributed by atoms with E-state index < -0.39 is 10.8 Å². The molecule has 2 nitrogen and oxygen atoms in total. The molecule has 2 aliphatic heterocycles. The van der Waals surface area contributed by atoms with E-state index in [4.69, 9.17) is 4.74 Å². The first kappa shape index (κ1) is 35.1. The second-order valence-electron chi connectivity index (χ2n) is 17.0. The molecule has 3 heteroatoms. The van der Waals surface area contributed by atoms with Gasteiger partial charge in [-0.3, -0.25) is 0 Å². The zero-order valence-electron chi connectivity index (χ0n) is 34.1. The fourth-order valence-corrected chi connectivity index (χ4v) is 13.1. The van der Waals surface area contributed by atoms with Crippen LogP contribution in [0.15, 0.2) is 234 Å². The van der Waals surface area contributed by atoms with Crippen LogP contribution in [0.25, 0.3) is 33.0 Å². The molecule has 10 aromatic rings. The summed E-state index contributed by atoms with van der Waals surface area (Å²) in [5.74, 6) is 1.80. The molecule has 0 saturated heterocycles. The standard InChI is InChI=1S/C60H37NOS/c1-2-19-40-38(17-1)18-15-29-52(40)61(39-35-36-46-43(37-39)41-20-3-5-22-44(41)59(46)47-24-7-11-31-54(47)62-55-32-12-8-25-48(55)59)53-30-16-28-51-58(53)42-21-4-6-23-45(42)60(51)49-26-9-13-33-56(49)63-57-34-14-10-27-50(57)60/h1-37H. The van der Waals surface area contributed by atoms with Gasteiger partial charge in [0.05, 0.1) is 22.2 Å². The molecule has 2 heterocycles. The molecule has 0 radical (unpaired) electrons. The van der Waals surface area contributed by atoms with Crippen molar-refractivity contribution >= 4 is 39.6 Å². The third-order valence-electron chi connectivity index (χ3n) is 14.2. The predicted molar refractivity (Wildman–Crippen MR) is 257 cm³/mol. The Labute approximate surface area is 370 Å². The van der Waals surface area contributed by atoms with Crippen LogP contribution in [0.1, 0.15) is 44.5 Å². The minimum atomic E-state index is -0.542. The minimum Gasteiger partial charge on any atom is -0.457 e. The highest BCUT2D eigenvalue weighted by Crippen LogP contribution is 2.66. The van der Waals surface area contributed by atoms with Gasteiger partial charge in [0.1, 0.15) is 11.5 Å². The number of hydrogen-bond donors (Lipinski definition) is 0. The normalized spacial score (nSPS) is 14.7. The molecule has 0 unspecified atom stereocenters. The van der Waals surface area contributed by atoms with Gasteiger partial charge >= 0.3 is 0 Å². The molecule has 2 aliphatic carbocycles. The molecular weight excluding hydrogens is 783 g/mol. The fraction of sp³-hybridized carbons (Fsp3) is 0.0333. The molecule has 0 saturated carbocycles. The van der Waals surface area contributed by atoms with Crippen LogP contribution in [0.4, 0.5) is 17.1 Å². The van der Waals surface area contributed by atoms with Crippen molar-refractivity contribution in [3.8, 4) is 33.8 Å². The van der Waals surface area contributed by atoms with Crippen LogP contribution in [-0.2, 0) is 10.8 Å². The molecule has 0 N–H and O–H groups in total. The van der Waals surface area contributed by atoms with Crippen LogP contribution >= 0.6 is 11.8 Å². The zero-order chi connectivity index (χ0) is 41.3. The molecule has 0 aromatic heterocycles. The fourth-order valence-electron chi connectivity index (χ4n) is 11.9. The van der Waals surface area contributed by atoms with Crippen LogP contribution in [-0.4, -0.2) is 0 Å². The highest BCUT2D eigenvalue weighted by atomic mass is 32.2. The topological polar surface area (TPSA) is 12.5 Å². The van der Waals surface area contributed by atoms with Crippen molar-refractivity contribution in [1.29, 1.82) is 0 Å². The molecule has 0 atom stereocenters. The third-order valence-corrected chi connectivity index (χ3v) is 15.3. The first-order valence-corrected chi connectivity index (χ1v) is 22.6. The Kier molecular flexibility index (Phi) is 7.21. The van der Waals surface area contributed by atoms with Crippen molar-refractivity contribution in [1.82, 2.24) is 0 Å². The van der Waals surface area contributed by atoms with Crippen molar-refractivity contribution in [2.45, 2.75) is 20.6 Å². The summed E-state index contributed by atoms with van der Waals surface area (Å²) in [5, 5.41) is 2.41. The van der Waals surface area contributed by atoms with Gasteiger partial charge in [0.2, 0.25) is 0 Å². The molecule has 0 fully saturated rings. The molecule has 2 spiro atoms. The SMILES string of the molecule is c1ccc2c(c1)Oc1ccccc1C21c2ccccc2-c2cc(N(c3cccc4c3-c3ccccc3C43c4ccccc4Sc4ccccc43)c3cccc4ccccc34)ccc21. The van der Waals surface area contributed by atoms with Crippen molar-refractivity contribution in [3.05, 3.63) is 269 Å². The van der Waals surface area contributed by atoms with E-state index in [1.807, 2.05) is 11.8 Å². The maximum absolute atomic E-state index is 6.67. The first-order valence-electron chi connectivity index (χ1n) is 21.8. The van der Waals surface area contributed by atoms with Crippen LogP contribution < -0.4 is 9.64 Å². The van der Waals surface area contributed by atoms with E-state index in [-0.39, 0.29) is 0 Å². The Morgan fingerprint density at radius 2 is 0.841 bits per heavy atom. The summed E-state index contributed by atoms with van der Waals surface area (Å²) in [6, 6.07) is 83.3. The summed E-state index contributed by atoms with van der Waals surface area (Å²) in [6.45, 7) is 0. The van der Waals surface area contributed by atoms with Crippen molar-refractivity contribution in [3.63, 3.8) is 0 Å². The van der Waals surface area contributed by atoms with Gasteiger partial charge < -0.3 is 9.64 Å². The lowest BCUT2D eigenvalue weighted by molar-refractivity contribution is 0.436. The summed E-state index contributed by atoms with van der Waals surface area (Å²) >= 11 is 1.89. The summed E-state index contributed by atoms with van der Waals surface area (Å²) in [7, 11) is 0. The second kappa shape index (κ2) is 13.0. The molecular formula is C60H37NOS. The number of ether oxygens (including phenoxy) is 1. The van der Waals surface area contributed by atoms with Crippen LogP contribution in [0.5, 0.6) is 11.5 Å². The lowest BCUT2D eigenvalue weighted by Gasteiger charge is -2.40. The molecule has 4 aliphatic rings. The largest absolute Gasteiger partial charge is 0.457 e. The summed E-state index contributed by atoms with van der Waals surface area (Å²) in [6.07, 6.45) is 0. The number of fused-ring (bicyclic) bond motifs is 19. The molecule has 0 bridgehead atoms.